The Balaban J connectivity index is 1.95. The number of nitrogens with zero attached hydrogens (tertiary/aromatic N) is 1. The third kappa shape index (κ3) is 4.88. The van der Waals surface area contributed by atoms with Gasteiger partial charge in [0.05, 0.1) is 17.7 Å². The first-order valence-electron chi connectivity index (χ1n) is 7.78. The number of benzene rings is 1. The number of nitrogens with one attached hydrogen (secondary N) is 1. The van der Waals surface area contributed by atoms with E-state index in [4.69, 9.17) is 0 Å². The summed E-state index contributed by atoms with van der Waals surface area (Å²) in [4.78, 5) is 16.6. The van der Waals surface area contributed by atoms with Crippen LogP contribution in [-0.4, -0.2) is 28.1 Å². The smallest absolute Gasteiger partial charge is 0.226 e. The molecule has 2 N–H and O–H groups in total. The topological polar surface area (TPSA) is 62.2 Å². The van der Waals surface area contributed by atoms with Gasteiger partial charge in [0.25, 0.3) is 0 Å². The van der Waals surface area contributed by atoms with E-state index in [9.17, 15) is 9.90 Å². The molecule has 23 heavy (non-hydrogen) atoms. The van der Waals surface area contributed by atoms with Crippen molar-refractivity contribution in [2.24, 2.45) is 5.92 Å². The maximum atomic E-state index is 12.0. The Bertz CT molecular complexity index is 677. The number of amides is 1. The molecule has 1 amide bonds. The number of aromatic nitrogens is 1. The van der Waals surface area contributed by atoms with Gasteiger partial charge in [-0.15, -0.1) is 11.3 Å². The van der Waals surface area contributed by atoms with Crippen molar-refractivity contribution < 1.29 is 9.90 Å². The number of aryl methyl sites for hydroxylation is 1. The largest absolute Gasteiger partial charge is 0.388 e. The first kappa shape index (κ1) is 17.6. The maximum absolute atomic E-state index is 12.0. The van der Waals surface area contributed by atoms with E-state index in [1.807, 2.05) is 44.4 Å². The van der Waals surface area contributed by atoms with E-state index < -0.39 is 5.60 Å². The van der Waals surface area contributed by atoms with Crippen molar-refractivity contribution in [1.82, 2.24) is 10.3 Å². The summed E-state index contributed by atoms with van der Waals surface area (Å²) in [5, 5.41) is 15.8. The number of hydrogen-bond donors (Lipinski definition) is 2. The molecule has 1 aromatic heterocycles. The lowest BCUT2D eigenvalue weighted by molar-refractivity contribution is -0.122. The van der Waals surface area contributed by atoms with Crippen molar-refractivity contribution in [3.05, 3.63) is 40.9 Å². The van der Waals surface area contributed by atoms with Gasteiger partial charge in [0, 0.05) is 17.5 Å². The molecule has 0 spiro atoms. The second-order valence-corrected chi connectivity index (χ2v) is 7.34. The number of carbonyl (C=O) groups is 1. The number of aliphatic hydroxyl groups is 1. The van der Waals surface area contributed by atoms with Crippen LogP contribution in [0, 0.1) is 12.8 Å². The first-order chi connectivity index (χ1) is 10.8. The highest BCUT2D eigenvalue weighted by Crippen LogP contribution is 2.24. The molecule has 0 saturated carbocycles. The minimum atomic E-state index is -0.898. The Morgan fingerprint density at radius 2 is 2.17 bits per heavy atom. The molecule has 1 atom stereocenters. The van der Waals surface area contributed by atoms with Crippen molar-refractivity contribution in [2.45, 2.75) is 39.7 Å². The average Bonchev–Trinajstić information content (AvgIpc) is 2.93. The van der Waals surface area contributed by atoms with Crippen LogP contribution in [0.4, 0.5) is 0 Å². The predicted molar refractivity (Wildman–Crippen MR) is 94.5 cm³/mol. The van der Waals surface area contributed by atoms with E-state index >= 15 is 0 Å². The summed E-state index contributed by atoms with van der Waals surface area (Å²) in [6, 6.07) is 8.16. The Morgan fingerprint density at radius 1 is 1.43 bits per heavy atom. The number of rotatable bonds is 6. The molecule has 0 aliphatic carbocycles. The third-order valence-electron chi connectivity index (χ3n) is 4.05. The highest BCUT2D eigenvalue weighted by molar-refractivity contribution is 7.13. The van der Waals surface area contributed by atoms with Crippen LogP contribution in [-0.2, 0) is 11.2 Å². The quantitative estimate of drug-likeness (QED) is 0.854. The van der Waals surface area contributed by atoms with Gasteiger partial charge in [-0.3, -0.25) is 4.79 Å². The summed E-state index contributed by atoms with van der Waals surface area (Å²) in [5.41, 5.74) is 2.12. The third-order valence-corrected chi connectivity index (χ3v) is 4.99. The maximum Gasteiger partial charge on any atom is 0.226 e. The van der Waals surface area contributed by atoms with Gasteiger partial charge in [0.1, 0.15) is 5.01 Å². The fourth-order valence-electron chi connectivity index (χ4n) is 2.01. The van der Waals surface area contributed by atoms with Crippen LogP contribution in [0.2, 0.25) is 0 Å². The van der Waals surface area contributed by atoms with E-state index in [0.717, 1.165) is 16.3 Å². The first-order valence-corrected chi connectivity index (χ1v) is 8.66. The second kappa shape index (κ2) is 7.23. The monoisotopic (exact) mass is 332 g/mol. The van der Waals surface area contributed by atoms with Gasteiger partial charge in [0.2, 0.25) is 5.91 Å². The molecule has 2 aromatic rings. The molecular formula is C18H24N2O2S. The van der Waals surface area contributed by atoms with Gasteiger partial charge in [-0.1, -0.05) is 37.6 Å². The molecule has 124 valence electrons. The van der Waals surface area contributed by atoms with Gasteiger partial charge in [-0.05, 0) is 25.8 Å². The average molecular weight is 332 g/mol. The van der Waals surface area contributed by atoms with E-state index in [-0.39, 0.29) is 24.8 Å². The highest BCUT2D eigenvalue weighted by atomic mass is 32.1. The molecule has 0 radical (unpaired) electrons. The van der Waals surface area contributed by atoms with Gasteiger partial charge in [-0.2, -0.15) is 0 Å². The van der Waals surface area contributed by atoms with Crippen LogP contribution in [0.5, 0.6) is 0 Å². The summed E-state index contributed by atoms with van der Waals surface area (Å²) in [6.07, 6.45) is 0.233. The van der Waals surface area contributed by atoms with Gasteiger partial charge in [0.15, 0.2) is 0 Å². The summed E-state index contributed by atoms with van der Waals surface area (Å²) in [7, 11) is 0. The zero-order chi connectivity index (χ0) is 17.0. The van der Waals surface area contributed by atoms with Crippen molar-refractivity contribution in [1.29, 1.82) is 0 Å². The lowest BCUT2D eigenvalue weighted by atomic mass is 9.92. The van der Waals surface area contributed by atoms with Gasteiger partial charge < -0.3 is 10.4 Å². The SMILES string of the molecule is Cc1cccc(-c2nc(CC(=O)NCC(C)(O)C(C)C)cs2)c1. The molecule has 2 rings (SSSR count). The van der Waals surface area contributed by atoms with Crippen molar-refractivity contribution in [3.63, 3.8) is 0 Å². The van der Waals surface area contributed by atoms with E-state index in [2.05, 4.69) is 16.4 Å². The number of thiazole rings is 1. The van der Waals surface area contributed by atoms with E-state index in [1.165, 1.54) is 5.56 Å². The zero-order valence-electron chi connectivity index (χ0n) is 14.1. The lowest BCUT2D eigenvalue weighted by Crippen LogP contribution is -2.44. The van der Waals surface area contributed by atoms with Crippen molar-refractivity contribution >= 4 is 17.2 Å². The van der Waals surface area contributed by atoms with Gasteiger partial charge >= 0.3 is 0 Å². The highest BCUT2D eigenvalue weighted by Gasteiger charge is 2.25. The Kier molecular flexibility index (Phi) is 5.55. The van der Waals surface area contributed by atoms with Crippen LogP contribution in [0.3, 0.4) is 0 Å². The number of hydrogen-bond acceptors (Lipinski definition) is 4. The van der Waals surface area contributed by atoms with Crippen LogP contribution >= 0.6 is 11.3 Å². The molecule has 0 aliphatic rings. The molecule has 4 nitrogen and oxygen atoms in total. The lowest BCUT2D eigenvalue weighted by Gasteiger charge is -2.27. The van der Waals surface area contributed by atoms with E-state index in [1.54, 1.807) is 18.3 Å². The van der Waals surface area contributed by atoms with Crippen molar-refractivity contribution in [2.75, 3.05) is 6.54 Å². The predicted octanol–water partition coefficient (Wildman–Crippen LogP) is 3.18. The standard InChI is InChI=1S/C18H24N2O2S/c1-12(2)18(4,22)11-19-16(21)9-15-10-23-17(20-15)14-7-5-6-13(3)8-14/h5-8,10,12,22H,9,11H2,1-4H3,(H,19,21). The summed E-state index contributed by atoms with van der Waals surface area (Å²) >= 11 is 1.54. The molecule has 1 heterocycles. The van der Waals surface area contributed by atoms with Crippen LogP contribution in [0.15, 0.2) is 29.6 Å². The molecule has 5 heteroatoms. The molecule has 1 aromatic carbocycles. The van der Waals surface area contributed by atoms with Crippen LogP contribution in [0.1, 0.15) is 32.0 Å². The summed E-state index contributed by atoms with van der Waals surface area (Å²) in [5.74, 6) is -0.0398. The van der Waals surface area contributed by atoms with E-state index in [0.29, 0.717) is 0 Å². The van der Waals surface area contributed by atoms with Gasteiger partial charge in [-0.25, -0.2) is 4.98 Å². The summed E-state index contributed by atoms with van der Waals surface area (Å²) in [6.45, 7) is 7.89. The second-order valence-electron chi connectivity index (χ2n) is 6.48. The molecule has 0 fully saturated rings. The Hall–Kier alpha value is -1.72. The Morgan fingerprint density at radius 3 is 2.83 bits per heavy atom. The minimum absolute atomic E-state index is 0.0787. The van der Waals surface area contributed by atoms with Crippen LogP contribution < -0.4 is 5.32 Å². The zero-order valence-corrected chi connectivity index (χ0v) is 14.9. The summed E-state index contributed by atoms with van der Waals surface area (Å²) < 4.78 is 0. The molecular weight excluding hydrogens is 308 g/mol. The van der Waals surface area contributed by atoms with Crippen molar-refractivity contribution in [3.8, 4) is 10.6 Å². The Labute approximate surface area is 141 Å². The fourth-order valence-corrected chi connectivity index (χ4v) is 2.82. The number of carbonyl (C=O) groups excluding carboxylic acids is 1. The minimum Gasteiger partial charge on any atom is -0.388 e. The normalized spacial score (nSPS) is 13.8. The molecule has 0 bridgehead atoms. The fraction of sp³-hybridized carbons (Fsp3) is 0.444. The molecule has 0 aliphatic heterocycles. The molecule has 1 unspecified atom stereocenters. The van der Waals surface area contributed by atoms with Crippen LogP contribution in [0.25, 0.3) is 10.6 Å². The molecule has 0 saturated heterocycles.